The predicted molar refractivity (Wildman–Crippen MR) is 87.3 cm³/mol. The number of alkyl halides is 1. The zero-order valence-electron chi connectivity index (χ0n) is 11.7. The summed E-state index contributed by atoms with van der Waals surface area (Å²) >= 11 is 3.42. The molecular weight excluding hydrogens is 314 g/mol. The largest absolute Gasteiger partial charge is 0.326 e. The maximum atomic E-state index is 12.1. The van der Waals surface area contributed by atoms with Gasteiger partial charge >= 0.3 is 0 Å². The van der Waals surface area contributed by atoms with E-state index in [9.17, 15) is 4.79 Å². The molecule has 0 saturated heterocycles. The van der Waals surface area contributed by atoms with Gasteiger partial charge in [0.15, 0.2) is 0 Å². The molecule has 0 radical (unpaired) electrons. The highest BCUT2D eigenvalue weighted by Gasteiger charge is 2.07. The molecule has 2 rings (SSSR count). The number of nitrogens with one attached hydrogen (secondary N) is 1. The Labute approximate surface area is 128 Å². The Morgan fingerprint density at radius 2 is 1.95 bits per heavy atom. The minimum atomic E-state index is 0.0189. The highest BCUT2D eigenvalue weighted by atomic mass is 79.9. The van der Waals surface area contributed by atoms with Gasteiger partial charge in [0, 0.05) is 11.0 Å². The van der Waals surface area contributed by atoms with Crippen LogP contribution < -0.4 is 5.32 Å². The molecule has 1 N–H and O–H groups in total. The van der Waals surface area contributed by atoms with Crippen LogP contribution in [-0.4, -0.2) is 5.91 Å². The molecule has 3 heteroatoms. The number of aryl methyl sites for hydroxylation is 2. The Kier molecular flexibility index (Phi) is 4.96. The van der Waals surface area contributed by atoms with Crippen LogP contribution in [0, 0.1) is 13.8 Å². The van der Waals surface area contributed by atoms with Crippen molar-refractivity contribution in [3.8, 4) is 0 Å². The molecule has 0 spiro atoms. The SMILES string of the molecule is Cc1ccc(C)c(CC(=O)Nc2cccc(CBr)c2)c1. The molecule has 20 heavy (non-hydrogen) atoms. The van der Waals surface area contributed by atoms with Gasteiger partial charge in [-0.15, -0.1) is 0 Å². The van der Waals surface area contributed by atoms with Crippen LogP contribution in [0.15, 0.2) is 42.5 Å². The summed E-state index contributed by atoms with van der Waals surface area (Å²) in [5, 5.41) is 3.74. The van der Waals surface area contributed by atoms with E-state index in [0.29, 0.717) is 6.42 Å². The lowest BCUT2D eigenvalue weighted by Crippen LogP contribution is -2.15. The Bertz CT molecular complexity index is 622. The highest BCUT2D eigenvalue weighted by Crippen LogP contribution is 2.15. The van der Waals surface area contributed by atoms with Crippen molar-refractivity contribution < 1.29 is 4.79 Å². The Balaban J connectivity index is 2.07. The molecule has 0 aliphatic carbocycles. The van der Waals surface area contributed by atoms with Crippen LogP contribution >= 0.6 is 15.9 Å². The Hall–Kier alpha value is -1.61. The van der Waals surface area contributed by atoms with Crippen molar-refractivity contribution in [1.29, 1.82) is 0 Å². The lowest BCUT2D eigenvalue weighted by Gasteiger charge is -2.09. The molecule has 0 fully saturated rings. The number of rotatable bonds is 4. The van der Waals surface area contributed by atoms with Gasteiger partial charge in [-0.25, -0.2) is 0 Å². The highest BCUT2D eigenvalue weighted by molar-refractivity contribution is 9.08. The second kappa shape index (κ2) is 6.71. The molecule has 0 aliphatic rings. The molecule has 0 aliphatic heterocycles. The maximum absolute atomic E-state index is 12.1. The third kappa shape index (κ3) is 3.94. The first kappa shape index (κ1) is 14.8. The van der Waals surface area contributed by atoms with Crippen molar-refractivity contribution in [1.82, 2.24) is 0 Å². The summed E-state index contributed by atoms with van der Waals surface area (Å²) in [5.74, 6) is 0.0189. The van der Waals surface area contributed by atoms with E-state index >= 15 is 0 Å². The molecular formula is C17H18BrNO. The molecule has 0 bridgehead atoms. The van der Waals surface area contributed by atoms with Crippen molar-refractivity contribution >= 4 is 27.5 Å². The molecule has 0 unspecified atom stereocenters. The zero-order chi connectivity index (χ0) is 14.5. The average Bonchev–Trinajstić information content (AvgIpc) is 2.43. The van der Waals surface area contributed by atoms with Crippen molar-refractivity contribution in [2.75, 3.05) is 5.32 Å². The van der Waals surface area contributed by atoms with Gasteiger partial charge in [-0.05, 0) is 42.7 Å². The molecule has 2 aromatic carbocycles. The summed E-state index contributed by atoms with van der Waals surface area (Å²) in [6.45, 7) is 4.08. The van der Waals surface area contributed by atoms with E-state index in [1.54, 1.807) is 0 Å². The molecule has 0 atom stereocenters. The summed E-state index contributed by atoms with van der Waals surface area (Å²) < 4.78 is 0. The van der Waals surface area contributed by atoms with Gasteiger partial charge in [0.05, 0.1) is 6.42 Å². The predicted octanol–water partition coefficient (Wildman–Crippen LogP) is 4.38. The lowest BCUT2D eigenvalue weighted by atomic mass is 10.0. The maximum Gasteiger partial charge on any atom is 0.228 e. The minimum absolute atomic E-state index is 0.0189. The first-order valence-corrected chi connectivity index (χ1v) is 7.71. The summed E-state index contributed by atoms with van der Waals surface area (Å²) in [6, 6.07) is 14.1. The summed E-state index contributed by atoms with van der Waals surface area (Å²) in [5.41, 5.74) is 5.41. The normalized spacial score (nSPS) is 10.3. The van der Waals surface area contributed by atoms with Crippen molar-refractivity contribution in [2.45, 2.75) is 25.6 Å². The summed E-state index contributed by atoms with van der Waals surface area (Å²) in [4.78, 5) is 12.1. The van der Waals surface area contributed by atoms with Crippen LogP contribution in [0.1, 0.15) is 22.3 Å². The van der Waals surface area contributed by atoms with Gasteiger partial charge in [0.1, 0.15) is 0 Å². The fourth-order valence-electron chi connectivity index (χ4n) is 2.10. The van der Waals surface area contributed by atoms with E-state index in [1.807, 2.05) is 38.1 Å². The smallest absolute Gasteiger partial charge is 0.228 e. The van der Waals surface area contributed by atoms with Crippen molar-refractivity contribution in [3.63, 3.8) is 0 Å². The first-order valence-electron chi connectivity index (χ1n) is 6.59. The van der Waals surface area contributed by atoms with E-state index in [4.69, 9.17) is 0 Å². The molecule has 1 amide bonds. The van der Waals surface area contributed by atoms with E-state index in [2.05, 4.69) is 39.4 Å². The van der Waals surface area contributed by atoms with Gasteiger partial charge in [-0.3, -0.25) is 4.79 Å². The number of benzene rings is 2. The molecule has 0 saturated carbocycles. The molecule has 2 nitrogen and oxygen atoms in total. The van der Waals surface area contributed by atoms with Crippen LogP contribution in [0.2, 0.25) is 0 Å². The standard InChI is InChI=1S/C17H18BrNO/c1-12-6-7-13(2)15(8-12)10-17(20)19-16-5-3-4-14(9-16)11-18/h3-9H,10-11H2,1-2H3,(H,19,20). The number of halogens is 1. The second-order valence-electron chi connectivity index (χ2n) is 4.99. The average molecular weight is 332 g/mol. The minimum Gasteiger partial charge on any atom is -0.326 e. The van der Waals surface area contributed by atoms with Crippen LogP contribution in [-0.2, 0) is 16.5 Å². The van der Waals surface area contributed by atoms with E-state index in [0.717, 1.165) is 27.7 Å². The third-order valence-electron chi connectivity index (χ3n) is 3.22. The summed E-state index contributed by atoms with van der Waals surface area (Å²) in [7, 11) is 0. The van der Waals surface area contributed by atoms with E-state index in [1.165, 1.54) is 5.56 Å². The fourth-order valence-corrected chi connectivity index (χ4v) is 2.45. The van der Waals surface area contributed by atoms with Gasteiger partial charge in [0.25, 0.3) is 0 Å². The van der Waals surface area contributed by atoms with Crippen LogP contribution in [0.5, 0.6) is 0 Å². The van der Waals surface area contributed by atoms with Crippen LogP contribution in [0.4, 0.5) is 5.69 Å². The van der Waals surface area contributed by atoms with Gasteiger partial charge in [-0.1, -0.05) is 51.8 Å². The van der Waals surface area contributed by atoms with Gasteiger partial charge < -0.3 is 5.32 Å². The molecule has 0 heterocycles. The number of carbonyl (C=O) groups excluding carboxylic acids is 1. The van der Waals surface area contributed by atoms with Gasteiger partial charge in [0.2, 0.25) is 5.91 Å². The van der Waals surface area contributed by atoms with Crippen LogP contribution in [0.25, 0.3) is 0 Å². The number of carbonyl (C=O) groups is 1. The first-order chi connectivity index (χ1) is 9.58. The molecule has 0 aromatic heterocycles. The molecule has 104 valence electrons. The number of amides is 1. The Morgan fingerprint density at radius 1 is 1.15 bits per heavy atom. The number of anilines is 1. The third-order valence-corrected chi connectivity index (χ3v) is 3.87. The van der Waals surface area contributed by atoms with Crippen molar-refractivity contribution in [3.05, 3.63) is 64.7 Å². The van der Waals surface area contributed by atoms with Gasteiger partial charge in [-0.2, -0.15) is 0 Å². The van der Waals surface area contributed by atoms with Crippen molar-refractivity contribution in [2.24, 2.45) is 0 Å². The summed E-state index contributed by atoms with van der Waals surface area (Å²) in [6.07, 6.45) is 0.409. The topological polar surface area (TPSA) is 29.1 Å². The lowest BCUT2D eigenvalue weighted by molar-refractivity contribution is -0.115. The quantitative estimate of drug-likeness (QED) is 0.827. The zero-order valence-corrected chi connectivity index (χ0v) is 13.3. The Morgan fingerprint density at radius 3 is 2.70 bits per heavy atom. The van der Waals surface area contributed by atoms with Crippen LogP contribution in [0.3, 0.4) is 0 Å². The monoisotopic (exact) mass is 331 g/mol. The second-order valence-corrected chi connectivity index (χ2v) is 5.55. The van der Waals surface area contributed by atoms with E-state index < -0.39 is 0 Å². The molecule has 2 aromatic rings. The fraction of sp³-hybridized carbons (Fsp3) is 0.235. The number of hydrogen-bond acceptors (Lipinski definition) is 1. The van der Waals surface area contributed by atoms with E-state index in [-0.39, 0.29) is 5.91 Å². The number of hydrogen-bond donors (Lipinski definition) is 1.